The third kappa shape index (κ3) is 3.72. The highest BCUT2D eigenvalue weighted by Crippen LogP contribution is 2.25. The van der Waals surface area contributed by atoms with Crippen LogP contribution in [0.4, 0.5) is 0 Å². The van der Waals surface area contributed by atoms with Gasteiger partial charge in [0.2, 0.25) is 0 Å². The molecule has 0 aliphatic heterocycles. The van der Waals surface area contributed by atoms with Crippen molar-refractivity contribution in [1.82, 2.24) is 5.32 Å². The van der Waals surface area contributed by atoms with Gasteiger partial charge < -0.3 is 15.2 Å². The van der Waals surface area contributed by atoms with Crippen LogP contribution in [0.2, 0.25) is 0 Å². The summed E-state index contributed by atoms with van der Waals surface area (Å²) in [5.41, 5.74) is 0.102. The third-order valence-corrected chi connectivity index (χ3v) is 3.16. The lowest BCUT2D eigenvalue weighted by Gasteiger charge is -2.24. The van der Waals surface area contributed by atoms with Gasteiger partial charge in [0.1, 0.15) is 5.75 Å². The molecule has 0 aromatic heterocycles. The van der Waals surface area contributed by atoms with Crippen LogP contribution in [-0.4, -0.2) is 23.8 Å². The molecule has 0 bridgehead atoms. The van der Waals surface area contributed by atoms with Gasteiger partial charge in [-0.15, -0.1) is 0 Å². The lowest BCUT2D eigenvalue weighted by molar-refractivity contribution is 0.0565. The van der Waals surface area contributed by atoms with E-state index in [1.165, 1.54) is 12.8 Å². The molecule has 1 fully saturated rings. The van der Waals surface area contributed by atoms with Gasteiger partial charge in [-0.3, -0.25) is 0 Å². The van der Waals surface area contributed by atoms with Crippen molar-refractivity contribution in [2.75, 3.05) is 6.54 Å². The molecule has 1 aromatic carbocycles. The van der Waals surface area contributed by atoms with Crippen LogP contribution in [-0.2, 0) is 5.60 Å². The topological polar surface area (TPSA) is 41.5 Å². The van der Waals surface area contributed by atoms with Crippen molar-refractivity contribution < 1.29 is 9.84 Å². The first-order chi connectivity index (χ1) is 8.47. The van der Waals surface area contributed by atoms with E-state index in [1.54, 1.807) is 0 Å². The highest BCUT2D eigenvalue weighted by atomic mass is 16.5. The number of hydrogen-bond donors (Lipinski definition) is 2. The van der Waals surface area contributed by atoms with Crippen LogP contribution in [0.25, 0.3) is 0 Å². The maximum atomic E-state index is 10.4. The van der Waals surface area contributed by atoms with Crippen LogP contribution >= 0.6 is 0 Å². The predicted octanol–water partition coefficient (Wildman–Crippen LogP) is 2.43. The molecule has 0 heterocycles. The van der Waals surface area contributed by atoms with E-state index in [4.69, 9.17) is 4.74 Å². The maximum absolute atomic E-state index is 10.4. The van der Waals surface area contributed by atoms with Crippen LogP contribution in [0.5, 0.6) is 5.75 Å². The number of rotatable bonds is 6. The minimum Gasteiger partial charge on any atom is -0.491 e. The second kappa shape index (κ2) is 5.29. The molecule has 1 atom stereocenters. The summed E-state index contributed by atoms with van der Waals surface area (Å²) in [5.74, 6) is 0.847. The number of nitrogens with one attached hydrogen (secondary N) is 1. The molecule has 1 unspecified atom stereocenters. The minimum atomic E-state index is -0.820. The molecule has 2 rings (SSSR count). The van der Waals surface area contributed by atoms with Crippen molar-refractivity contribution in [3.8, 4) is 5.75 Å². The number of ether oxygens (including phenoxy) is 1. The van der Waals surface area contributed by atoms with E-state index in [1.807, 2.05) is 45.0 Å². The molecule has 1 aliphatic carbocycles. The molecule has 1 aliphatic rings. The fourth-order valence-corrected chi connectivity index (χ4v) is 1.90. The van der Waals surface area contributed by atoms with Gasteiger partial charge in [0.25, 0.3) is 0 Å². The lowest BCUT2D eigenvalue weighted by Crippen LogP contribution is -2.36. The van der Waals surface area contributed by atoms with Crippen LogP contribution in [0, 0.1) is 0 Å². The molecular weight excluding hydrogens is 226 g/mol. The van der Waals surface area contributed by atoms with Gasteiger partial charge in [-0.2, -0.15) is 0 Å². The Balaban J connectivity index is 1.97. The Labute approximate surface area is 109 Å². The molecule has 0 saturated heterocycles. The van der Waals surface area contributed by atoms with Gasteiger partial charge >= 0.3 is 0 Å². The number of aliphatic hydroxyl groups is 1. The second-order valence-corrected chi connectivity index (χ2v) is 5.62. The van der Waals surface area contributed by atoms with Gasteiger partial charge in [0, 0.05) is 12.6 Å². The Morgan fingerprint density at radius 1 is 1.33 bits per heavy atom. The molecule has 0 amide bonds. The van der Waals surface area contributed by atoms with Crippen LogP contribution in [0.1, 0.15) is 39.2 Å². The Morgan fingerprint density at radius 3 is 2.44 bits per heavy atom. The summed E-state index contributed by atoms with van der Waals surface area (Å²) in [7, 11) is 0. The van der Waals surface area contributed by atoms with Gasteiger partial charge in [-0.25, -0.2) is 0 Å². The van der Waals surface area contributed by atoms with Gasteiger partial charge in [-0.05, 0) is 51.3 Å². The lowest BCUT2D eigenvalue weighted by atomic mass is 9.96. The summed E-state index contributed by atoms with van der Waals surface area (Å²) in [5, 5.41) is 13.8. The molecule has 3 heteroatoms. The van der Waals surface area contributed by atoms with E-state index < -0.39 is 5.60 Å². The first-order valence-electron chi connectivity index (χ1n) is 6.70. The van der Waals surface area contributed by atoms with E-state index in [-0.39, 0.29) is 6.10 Å². The fraction of sp³-hybridized carbons (Fsp3) is 0.600. The standard InChI is InChI=1S/C15H23NO2/c1-11(2)18-14-8-4-12(5-9-14)15(3,17)10-16-13-6-7-13/h4-5,8-9,11,13,16-17H,6-7,10H2,1-3H3. The molecule has 18 heavy (non-hydrogen) atoms. The van der Waals surface area contributed by atoms with Crippen molar-refractivity contribution >= 4 is 0 Å². The molecule has 3 nitrogen and oxygen atoms in total. The summed E-state index contributed by atoms with van der Waals surface area (Å²) in [6.07, 6.45) is 2.64. The normalized spacial score (nSPS) is 18.7. The van der Waals surface area contributed by atoms with Crippen molar-refractivity contribution in [2.24, 2.45) is 0 Å². The Kier molecular flexibility index (Phi) is 3.93. The summed E-state index contributed by atoms with van der Waals surface area (Å²) < 4.78 is 5.59. The quantitative estimate of drug-likeness (QED) is 0.813. The number of benzene rings is 1. The van der Waals surface area contributed by atoms with E-state index in [0.29, 0.717) is 12.6 Å². The summed E-state index contributed by atoms with van der Waals surface area (Å²) >= 11 is 0. The zero-order valence-corrected chi connectivity index (χ0v) is 11.4. The molecule has 100 valence electrons. The van der Waals surface area contributed by atoms with Crippen molar-refractivity contribution in [1.29, 1.82) is 0 Å². The zero-order valence-electron chi connectivity index (χ0n) is 11.4. The van der Waals surface area contributed by atoms with E-state index >= 15 is 0 Å². The van der Waals surface area contributed by atoms with Crippen LogP contribution < -0.4 is 10.1 Å². The highest BCUT2D eigenvalue weighted by molar-refractivity contribution is 5.31. The molecule has 1 aromatic rings. The Hall–Kier alpha value is -1.06. The largest absolute Gasteiger partial charge is 0.491 e. The fourth-order valence-electron chi connectivity index (χ4n) is 1.90. The van der Waals surface area contributed by atoms with E-state index in [0.717, 1.165) is 11.3 Å². The first-order valence-corrected chi connectivity index (χ1v) is 6.70. The maximum Gasteiger partial charge on any atom is 0.119 e. The van der Waals surface area contributed by atoms with Crippen LogP contribution in [0.15, 0.2) is 24.3 Å². The van der Waals surface area contributed by atoms with Crippen molar-refractivity contribution in [3.05, 3.63) is 29.8 Å². The van der Waals surface area contributed by atoms with Crippen molar-refractivity contribution in [3.63, 3.8) is 0 Å². The van der Waals surface area contributed by atoms with E-state index in [2.05, 4.69) is 5.32 Å². The second-order valence-electron chi connectivity index (χ2n) is 5.62. The SMILES string of the molecule is CC(C)Oc1ccc(C(C)(O)CNC2CC2)cc1. The van der Waals surface area contributed by atoms with Gasteiger partial charge in [0.05, 0.1) is 11.7 Å². The molecule has 0 radical (unpaired) electrons. The van der Waals surface area contributed by atoms with Gasteiger partial charge in [0.15, 0.2) is 0 Å². The molecule has 1 saturated carbocycles. The average molecular weight is 249 g/mol. The van der Waals surface area contributed by atoms with E-state index in [9.17, 15) is 5.11 Å². The molecular formula is C15H23NO2. The molecule has 0 spiro atoms. The summed E-state index contributed by atoms with van der Waals surface area (Å²) in [4.78, 5) is 0. The van der Waals surface area contributed by atoms with Gasteiger partial charge in [-0.1, -0.05) is 12.1 Å². The average Bonchev–Trinajstić information content (AvgIpc) is 3.10. The predicted molar refractivity (Wildman–Crippen MR) is 72.8 cm³/mol. The molecule has 2 N–H and O–H groups in total. The van der Waals surface area contributed by atoms with Crippen molar-refractivity contribution in [2.45, 2.75) is 51.4 Å². The number of hydrogen-bond acceptors (Lipinski definition) is 3. The monoisotopic (exact) mass is 249 g/mol. The third-order valence-electron chi connectivity index (χ3n) is 3.16. The Bertz CT molecular complexity index is 380. The first kappa shape index (κ1) is 13.4. The van der Waals surface area contributed by atoms with Crippen LogP contribution in [0.3, 0.4) is 0 Å². The summed E-state index contributed by atoms with van der Waals surface area (Å²) in [6, 6.07) is 8.32. The zero-order chi connectivity index (χ0) is 13.2. The minimum absolute atomic E-state index is 0.174. The smallest absolute Gasteiger partial charge is 0.119 e. The Morgan fingerprint density at radius 2 is 1.94 bits per heavy atom. The summed E-state index contributed by atoms with van der Waals surface area (Å²) in [6.45, 7) is 6.45. The highest BCUT2D eigenvalue weighted by Gasteiger charge is 2.27.